The Morgan fingerprint density at radius 1 is 1.12 bits per heavy atom. The molecule has 1 aromatic heterocycles. The summed E-state index contributed by atoms with van der Waals surface area (Å²) in [5.74, 6) is -1.49. The minimum absolute atomic E-state index is 0.0269. The second kappa shape index (κ2) is 5.53. The third-order valence-corrected chi connectivity index (χ3v) is 5.37. The number of sulfonamides is 1. The van der Waals surface area contributed by atoms with Crippen LogP contribution in [0.1, 0.15) is 5.56 Å². The standard InChI is InChI=1S/C15H13N3O5S/c1-17-13(15(20)16-12-8-4-5-9-18(12)21)14(19)10-6-2-3-7-11(10)24(17,22)23/h2-9,19,21H,1H3. The number of aromatic nitrogens is 1. The van der Waals surface area contributed by atoms with Gasteiger partial charge in [-0.3, -0.25) is 9.10 Å². The van der Waals surface area contributed by atoms with Crippen LogP contribution in [-0.2, 0) is 14.8 Å². The number of aliphatic hydroxyl groups is 1. The first-order valence-electron chi connectivity index (χ1n) is 6.81. The van der Waals surface area contributed by atoms with Crippen molar-refractivity contribution in [3.63, 3.8) is 0 Å². The summed E-state index contributed by atoms with van der Waals surface area (Å²) in [5.41, 5.74) is -0.566. The van der Waals surface area contributed by atoms with E-state index in [4.69, 9.17) is 0 Å². The summed E-state index contributed by atoms with van der Waals surface area (Å²) >= 11 is 0. The minimum atomic E-state index is -3.98. The highest BCUT2D eigenvalue weighted by molar-refractivity contribution is 7.89. The lowest BCUT2D eigenvalue weighted by molar-refractivity contribution is -0.115. The van der Waals surface area contributed by atoms with Gasteiger partial charge in [0.2, 0.25) is 0 Å². The maximum atomic E-state index is 12.5. The molecule has 1 aromatic carbocycles. The Kier molecular flexibility index (Phi) is 3.64. The molecule has 3 rings (SSSR count). The van der Waals surface area contributed by atoms with Gasteiger partial charge in [-0.2, -0.15) is 9.72 Å². The molecule has 2 aromatic rings. The average Bonchev–Trinajstić information content (AvgIpc) is 2.56. The van der Waals surface area contributed by atoms with Crippen LogP contribution in [0.4, 0.5) is 0 Å². The van der Waals surface area contributed by atoms with Crippen molar-refractivity contribution in [3.05, 3.63) is 65.4 Å². The lowest BCUT2D eigenvalue weighted by Crippen LogP contribution is -2.35. The molecule has 24 heavy (non-hydrogen) atoms. The summed E-state index contributed by atoms with van der Waals surface area (Å²) in [6.07, 6.45) is 1.26. The molecular weight excluding hydrogens is 334 g/mol. The molecular formula is C15H13N3O5S. The van der Waals surface area contributed by atoms with Gasteiger partial charge in [0.15, 0.2) is 16.9 Å². The molecule has 124 valence electrons. The molecule has 0 spiro atoms. The van der Waals surface area contributed by atoms with E-state index in [1.165, 1.54) is 36.5 Å². The normalized spacial score (nSPS) is 16.9. The molecule has 0 saturated heterocycles. The Balaban J connectivity index is 2.23. The molecule has 0 saturated carbocycles. The van der Waals surface area contributed by atoms with E-state index in [-0.39, 0.29) is 15.9 Å². The summed E-state index contributed by atoms with van der Waals surface area (Å²) in [5, 5.41) is 20.0. The molecule has 1 aliphatic rings. The molecule has 0 radical (unpaired) electrons. The van der Waals surface area contributed by atoms with E-state index in [1.54, 1.807) is 12.1 Å². The molecule has 1 amide bonds. The van der Waals surface area contributed by atoms with Crippen molar-refractivity contribution in [2.45, 2.75) is 4.90 Å². The van der Waals surface area contributed by atoms with Gasteiger partial charge in [-0.15, -0.1) is 0 Å². The van der Waals surface area contributed by atoms with Crippen molar-refractivity contribution in [3.8, 4) is 0 Å². The van der Waals surface area contributed by atoms with E-state index in [2.05, 4.69) is 4.99 Å². The Morgan fingerprint density at radius 2 is 1.79 bits per heavy atom. The highest BCUT2D eigenvalue weighted by Gasteiger charge is 2.37. The van der Waals surface area contributed by atoms with Crippen LogP contribution in [-0.4, -0.2) is 40.7 Å². The fourth-order valence-electron chi connectivity index (χ4n) is 2.34. The van der Waals surface area contributed by atoms with Crippen LogP contribution in [0.15, 0.2) is 64.2 Å². The molecule has 0 unspecified atom stereocenters. The SMILES string of the molecule is CN1C(C(=O)N=c2ccccn2O)=C(O)c2ccccc2S1(=O)=O. The zero-order valence-electron chi connectivity index (χ0n) is 12.5. The molecule has 8 nitrogen and oxygen atoms in total. The van der Waals surface area contributed by atoms with Crippen molar-refractivity contribution in [1.29, 1.82) is 0 Å². The predicted molar refractivity (Wildman–Crippen MR) is 83.1 cm³/mol. The number of nitrogens with zero attached hydrogens (tertiary/aromatic N) is 3. The van der Waals surface area contributed by atoms with Crippen molar-refractivity contribution in [2.24, 2.45) is 4.99 Å². The number of aliphatic hydroxyl groups excluding tert-OH is 1. The number of pyridine rings is 1. The van der Waals surface area contributed by atoms with E-state index >= 15 is 0 Å². The van der Waals surface area contributed by atoms with Gasteiger partial charge in [0.1, 0.15) is 0 Å². The first-order valence-corrected chi connectivity index (χ1v) is 8.25. The number of rotatable bonds is 1. The van der Waals surface area contributed by atoms with Crippen LogP contribution < -0.4 is 5.49 Å². The molecule has 0 atom stereocenters. The van der Waals surface area contributed by atoms with Crippen LogP contribution in [0.3, 0.4) is 0 Å². The van der Waals surface area contributed by atoms with Crippen LogP contribution in [0.25, 0.3) is 5.76 Å². The van der Waals surface area contributed by atoms with E-state index in [1.807, 2.05) is 0 Å². The fourth-order valence-corrected chi connectivity index (χ4v) is 3.73. The van der Waals surface area contributed by atoms with Gasteiger partial charge in [-0.25, -0.2) is 8.42 Å². The van der Waals surface area contributed by atoms with Gasteiger partial charge in [-0.05, 0) is 24.3 Å². The van der Waals surface area contributed by atoms with Gasteiger partial charge in [0.05, 0.1) is 4.90 Å². The molecule has 0 aliphatic carbocycles. The average molecular weight is 347 g/mol. The van der Waals surface area contributed by atoms with Gasteiger partial charge in [0.25, 0.3) is 15.9 Å². The number of hydrogen-bond donors (Lipinski definition) is 2. The van der Waals surface area contributed by atoms with Crippen molar-refractivity contribution >= 4 is 21.7 Å². The molecule has 0 bridgehead atoms. The number of carbonyl (C=O) groups is 1. The van der Waals surface area contributed by atoms with Gasteiger partial charge >= 0.3 is 0 Å². The molecule has 9 heteroatoms. The number of fused-ring (bicyclic) bond motifs is 1. The minimum Gasteiger partial charge on any atom is -0.505 e. The highest BCUT2D eigenvalue weighted by Crippen LogP contribution is 2.34. The van der Waals surface area contributed by atoms with Gasteiger partial charge < -0.3 is 10.3 Å². The molecule has 2 N–H and O–H groups in total. The largest absolute Gasteiger partial charge is 0.505 e. The summed E-state index contributed by atoms with van der Waals surface area (Å²) in [7, 11) is -2.83. The Labute approximate surface area is 137 Å². The van der Waals surface area contributed by atoms with Crippen LogP contribution in [0, 0.1) is 0 Å². The number of carbonyl (C=O) groups excluding carboxylic acids is 1. The first kappa shape index (κ1) is 15.8. The topological polar surface area (TPSA) is 112 Å². The number of hydrogen-bond acceptors (Lipinski definition) is 5. The van der Waals surface area contributed by atoms with Crippen molar-refractivity contribution < 1.29 is 23.5 Å². The molecule has 0 fully saturated rings. The zero-order valence-corrected chi connectivity index (χ0v) is 13.3. The van der Waals surface area contributed by atoms with Crippen molar-refractivity contribution in [1.82, 2.24) is 9.04 Å². The van der Waals surface area contributed by atoms with E-state index < -0.39 is 27.4 Å². The third-order valence-electron chi connectivity index (χ3n) is 3.56. The summed E-state index contributed by atoms with van der Waals surface area (Å²) < 4.78 is 26.3. The van der Waals surface area contributed by atoms with Crippen LogP contribution in [0.2, 0.25) is 0 Å². The van der Waals surface area contributed by atoms with E-state index in [0.717, 1.165) is 7.05 Å². The quantitative estimate of drug-likeness (QED) is 0.738. The zero-order chi connectivity index (χ0) is 17.5. The third kappa shape index (κ3) is 2.35. The maximum absolute atomic E-state index is 12.5. The monoisotopic (exact) mass is 347 g/mol. The van der Waals surface area contributed by atoms with Gasteiger partial charge in [0, 0.05) is 18.8 Å². The van der Waals surface area contributed by atoms with Gasteiger partial charge in [-0.1, -0.05) is 18.2 Å². The van der Waals surface area contributed by atoms with Crippen molar-refractivity contribution in [2.75, 3.05) is 7.05 Å². The van der Waals surface area contributed by atoms with E-state index in [0.29, 0.717) is 9.04 Å². The molecule has 2 heterocycles. The number of likely N-dealkylation sites (N-methyl/N-ethyl adjacent to an activating group) is 1. The highest BCUT2D eigenvalue weighted by atomic mass is 32.2. The summed E-state index contributed by atoms with van der Waals surface area (Å²) in [4.78, 5) is 16.0. The Bertz CT molecular complexity index is 1040. The number of amides is 1. The second-order valence-electron chi connectivity index (χ2n) is 4.99. The summed E-state index contributed by atoms with van der Waals surface area (Å²) in [6, 6.07) is 10.2. The maximum Gasteiger partial charge on any atom is 0.300 e. The lowest BCUT2D eigenvalue weighted by Gasteiger charge is -2.27. The lowest BCUT2D eigenvalue weighted by atomic mass is 10.1. The van der Waals surface area contributed by atoms with Crippen LogP contribution >= 0.6 is 0 Å². The first-order chi connectivity index (χ1) is 11.3. The fraction of sp³-hybridized carbons (Fsp3) is 0.0667. The summed E-state index contributed by atoms with van der Waals surface area (Å²) in [6.45, 7) is 0. The van der Waals surface area contributed by atoms with E-state index in [9.17, 15) is 23.5 Å². The Hall–Kier alpha value is -3.07. The molecule has 1 aliphatic heterocycles. The smallest absolute Gasteiger partial charge is 0.300 e. The van der Waals surface area contributed by atoms with Crippen LogP contribution in [0.5, 0.6) is 0 Å². The predicted octanol–water partition coefficient (Wildman–Crippen LogP) is 0.714. The number of benzene rings is 1. The Morgan fingerprint density at radius 3 is 2.50 bits per heavy atom. The second-order valence-corrected chi connectivity index (χ2v) is 6.92.